The lowest BCUT2D eigenvalue weighted by Gasteiger charge is -2.21. The molecule has 0 atom stereocenters. The van der Waals surface area contributed by atoms with Crippen LogP contribution >= 0.6 is 12.2 Å². The average Bonchev–Trinajstić information content (AvgIpc) is 2.18. The molecule has 1 rings (SSSR count). The number of nitrogens with zero attached hydrogens (tertiary/aromatic N) is 3. The van der Waals surface area contributed by atoms with Crippen LogP contribution in [0.3, 0.4) is 0 Å². The van der Waals surface area contributed by atoms with E-state index in [9.17, 15) is 0 Å². The lowest BCUT2D eigenvalue weighted by molar-refractivity contribution is 0.800. The standard InChI is InChI=1S/C10H16N4S/c1-3-14(5-4-9(11)15)10-6-8(2)7-12-13-10/h6-7H,3-5H2,1-2H3,(H2,11,15). The molecular weight excluding hydrogens is 208 g/mol. The van der Waals surface area contributed by atoms with Gasteiger partial charge in [-0.1, -0.05) is 12.2 Å². The van der Waals surface area contributed by atoms with Gasteiger partial charge in [0, 0.05) is 19.5 Å². The summed E-state index contributed by atoms with van der Waals surface area (Å²) < 4.78 is 0. The van der Waals surface area contributed by atoms with Crippen LogP contribution in [0, 0.1) is 6.92 Å². The van der Waals surface area contributed by atoms with E-state index in [0.29, 0.717) is 11.4 Å². The first-order valence-electron chi connectivity index (χ1n) is 4.96. The zero-order valence-corrected chi connectivity index (χ0v) is 9.92. The van der Waals surface area contributed by atoms with Gasteiger partial charge in [-0.3, -0.25) is 0 Å². The minimum atomic E-state index is 0.536. The Morgan fingerprint density at radius 2 is 2.33 bits per heavy atom. The van der Waals surface area contributed by atoms with Crippen LogP contribution in [0.25, 0.3) is 0 Å². The minimum absolute atomic E-state index is 0.536. The van der Waals surface area contributed by atoms with E-state index in [1.54, 1.807) is 6.20 Å². The van der Waals surface area contributed by atoms with E-state index in [4.69, 9.17) is 18.0 Å². The van der Waals surface area contributed by atoms with Gasteiger partial charge in [0.05, 0.1) is 11.2 Å². The van der Waals surface area contributed by atoms with Crippen LogP contribution in [0.2, 0.25) is 0 Å². The summed E-state index contributed by atoms with van der Waals surface area (Å²) >= 11 is 4.85. The molecule has 0 spiro atoms. The first kappa shape index (κ1) is 11.8. The van der Waals surface area contributed by atoms with Crippen molar-refractivity contribution in [3.05, 3.63) is 17.8 Å². The fraction of sp³-hybridized carbons (Fsp3) is 0.500. The van der Waals surface area contributed by atoms with E-state index in [0.717, 1.165) is 24.5 Å². The molecule has 0 unspecified atom stereocenters. The Bertz CT molecular complexity index is 340. The molecule has 82 valence electrons. The quantitative estimate of drug-likeness (QED) is 0.764. The van der Waals surface area contributed by atoms with Gasteiger partial charge in [0.15, 0.2) is 5.82 Å². The van der Waals surface area contributed by atoms with Gasteiger partial charge in [-0.05, 0) is 25.5 Å². The molecule has 0 aromatic carbocycles. The summed E-state index contributed by atoms with van der Waals surface area (Å²) in [5.74, 6) is 0.883. The number of hydrogen-bond acceptors (Lipinski definition) is 4. The Kier molecular flexibility index (Phi) is 4.42. The second-order valence-electron chi connectivity index (χ2n) is 3.39. The molecule has 0 saturated carbocycles. The molecule has 0 amide bonds. The molecule has 1 aromatic heterocycles. The summed E-state index contributed by atoms with van der Waals surface area (Å²) in [7, 11) is 0. The van der Waals surface area contributed by atoms with E-state index in [-0.39, 0.29) is 0 Å². The Balaban J connectivity index is 2.69. The van der Waals surface area contributed by atoms with E-state index >= 15 is 0 Å². The van der Waals surface area contributed by atoms with E-state index < -0.39 is 0 Å². The third-order valence-corrected chi connectivity index (χ3v) is 2.32. The lowest BCUT2D eigenvalue weighted by Crippen LogP contribution is -2.28. The Labute approximate surface area is 95.5 Å². The van der Waals surface area contributed by atoms with Crippen LogP contribution in [0.15, 0.2) is 12.3 Å². The van der Waals surface area contributed by atoms with Crippen molar-refractivity contribution in [2.45, 2.75) is 20.3 Å². The molecule has 0 fully saturated rings. The van der Waals surface area contributed by atoms with Crippen LogP contribution in [-0.4, -0.2) is 28.3 Å². The summed E-state index contributed by atoms with van der Waals surface area (Å²) in [6.45, 7) is 5.74. The number of aromatic nitrogens is 2. The van der Waals surface area contributed by atoms with Gasteiger partial charge in [-0.2, -0.15) is 5.10 Å². The minimum Gasteiger partial charge on any atom is -0.393 e. The van der Waals surface area contributed by atoms with Crippen molar-refractivity contribution in [3.8, 4) is 0 Å². The van der Waals surface area contributed by atoms with Crippen LogP contribution in [0.1, 0.15) is 18.9 Å². The topological polar surface area (TPSA) is 55.0 Å². The fourth-order valence-corrected chi connectivity index (χ4v) is 1.37. The second-order valence-corrected chi connectivity index (χ2v) is 3.91. The zero-order valence-electron chi connectivity index (χ0n) is 9.10. The smallest absolute Gasteiger partial charge is 0.151 e. The number of hydrogen-bond donors (Lipinski definition) is 1. The van der Waals surface area contributed by atoms with Gasteiger partial charge in [0.2, 0.25) is 0 Å². The van der Waals surface area contributed by atoms with Crippen LogP contribution < -0.4 is 10.6 Å². The fourth-order valence-electron chi connectivity index (χ4n) is 1.28. The number of thiocarbonyl (C=S) groups is 1. The van der Waals surface area contributed by atoms with E-state index in [1.807, 2.05) is 13.0 Å². The average molecular weight is 224 g/mol. The van der Waals surface area contributed by atoms with Crippen molar-refractivity contribution in [2.75, 3.05) is 18.0 Å². The molecule has 0 saturated heterocycles. The lowest BCUT2D eigenvalue weighted by atomic mass is 10.3. The molecule has 1 heterocycles. The van der Waals surface area contributed by atoms with Gasteiger partial charge in [-0.15, -0.1) is 5.10 Å². The van der Waals surface area contributed by atoms with Gasteiger partial charge in [-0.25, -0.2) is 0 Å². The van der Waals surface area contributed by atoms with E-state index in [1.165, 1.54) is 0 Å². The van der Waals surface area contributed by atoms with Crippen molar-refractivity contribution in [3.63, 3.8) is 0 Å². The third-order valence-electron chi connectivity index (χ3n) is 2.11. The van der Waals surface area contributed by atoms with Gasteiger partial charge < -0.3 is 10.6 Å². The molecule has 15 heavy (non-hydrogen) atoms. The van der Waals surface area contributed by atoms with E-state index in [2.05, 4.69) is 22.0 Å². The van der Waals surface area contributed by atoms with Crippen molar-refractivity contribution in [1.82, 2.24) is 10.2 Å². The number of rotatable bonds is 5. The summed E-state index contributed by atoms with van der Waals surface area (Å²) in [5.41, 5.74) is 6.58. The summed E-state index contributed by atoms with van der Waals surface area (Å²) in [5, 5.41) is 8.00. The predicted molar refractivity (Wildman–Crippen MR) is 66.1 cm³/mol. The number of aryl methyl sites for hydroxylation is 1. The van der Waals surface area contributed by atoms with Crippen molar-refractivity contribution >= 4 is 23.0 Å². The number of nitrogens with two attached hydrogens (primary N) is 1. The predicted octanol–water partition coefficient (Wildman–Crippen LogP) is 1.29. The third kappa shape index (κ3) is 3.79. The van der Waals surface area contributed by atoms with Crippen LogP contribution in [-0.2, 0) is 0 Å². The highest BCUT2D eigenvalue weighted by Gasteiger charge is 2.06. The molecule has 0 aliphatic heterocycles. The Hall–Kier alpha value is -1.23. The molecule has 2 N–H and O–H groups in total. The first-order chi connectivity index (χ1) is 7.13. The van der Waals surface area contributed by atoms with Gasteiger partial charge in [0.1, 0.15) is 0 Å². The number of anilines is 1. The molecule has 5 heteroatoms. The van der Waals surface area contributed by atoms with Crippen molar-refractivity contribution in [2.24, 2.45) is 5.73 Å². The molecule has 4 nitrogen and oxygen atoms in total. The Morgan fingerprint density at radius 1 is 1.60 bits per heavy atom. The molecule has 0 radical (unpaired) electrons. The van der Waals surface area contributed by atoms with Crippen molar-refractivity contribution < 1.29 is 0 Å². The molecule has 0 aliphatic carbocycles. The zero-order chi connectivity index (χ0) is 11.3. The van der Waals surface area contributed by atoms with Gasteiger partial charge in [0.25, 0.3) is 0 Å². The van der Waals surface area contributed by atoms with Crippen molar-refractivity contribution in [1.29, 1.82) is 0 Å². The molecular formula is C10H16N4S. The maximum atomic E-state index is 5.47. The highest BCUT2D eigenvalue weighted by Crippen LogP contribution is 2.10. The van der Waals surface area contributed by atoms with Crippen LogP contribution in [0.4, 0.5) is 5.82 Å². The highest BCUT2D eigenvalue weighted by molar-refractivity contribution is 7.80. The first-order valence-corrected chi connectivity index (χ1v) is 5.37. The summed E-state index contributed by atoms with van der Waals surface area (Å²) in [6.07, 6.45) is 2.45. The molecule has 1 aromatic rings. The highest BCUT2D eigenvalue weighted by atomic mass is 32.1. The van der Waals surface area contributed by atoms with Crippen LogP contribution in [0.5, 0.6) is 0 Å². The summed E-state index contributed by atoms with van der Waals surface area (Å²) in [6, 6.07) is 2.01. The SMILES string of the molecule is CCN(CCC(N)=S)c1cc(C)cnn1. The second kappa shape index (κ2) is 5.60. The van der Waals surface area contributed by atoms with Gasteiger partial charge >= 0.3 is 0 Å². The molecule has 0 aliphatic rings. The summed E-state index contributed by atoms with van der Waals surface area (Å²) in [4.78, 5) is 2.65. The Morgan fingerprint density at radius 3 is 2.87 bits per heavy atom. The molecule has 0 bridgehead atoms. The largest absolute Gasteiger partial charge is 0.393 e. The monoisotopic (exact) mass is 224 g/mol. The normalized spacial score (nSPS) is 10.0. The maximum Gasteiger partial charge on any atom is 0.151 e. The maximum absolute atomic E-state index is 5.47.